The maximum Gasteiger partial charge on any atom is 0.243 e. The average molecular weight is 423 g/mol. The maximum absolute atomic E-state index is 13.0. The molecule has 0 atom stereocenters. The predicted octanol–water partition coefficient (Wildman–Crippen LogP) is 3.59. The second-order valence-corrected chi connectivity index (χ2v) is 9.24. The maximum atomic E-state index is 13.0. The lowest BCUT2D eigenvalue weighted by molar-refractivity contribution is 0.0730. The monoisotopic (exact) mass is 422 g/mol. The summed E-state index contributed by atoms with van der Waals surface area (Å²) in [7, 11) is -3.50. The largest absolute Gasteiger partial charge is 0.379 e. The van der Waals surface area contributed by atoms with Gasteiger partial charge < -0.3 is 10.1 Å². The first kappa shape index (κ1) is 20.8. The van der Waals surface area contributed by atoms with Gasteiger partial charge in [0.1, 0.15) is 0 Å². The van der Waals surface area contributed by atoms with E-state index >= 15 is 0 Å². The first-order valence-electron chi connectivity index (χ1n) is 10.1. The van der Waals surface area contributed by atoms with Crippen molar-refractivity contribution < 1.29 is 13.2 Å². The second kappa shape index (κ2) is 9.53. The quantitative estimate of drug-likeness (QED) is 0.632. The summed E-state index contributed by atoms with van der Waals surface area (Å²) in [5, 5.41) is 3.60. The molecule has 5 nitrogen and oxygen atoms in total. The summed E-state index contributed by atoms with van der Waals surface area (Å²) < 4.78 is 32.7. The number of ether oxygens (including phenoxy) is 1. The van der Waals surface area contributed by atoms with Gasteiger partial charge in [-0.2, -0.15) is 4.31 Å². The van der Waals surface area contributed by atoms with Crippen LogP contribution >= 0.6 is 0 Å². The summed E-state index contributed by atoms with van der Waals surface area (Å²) in [6.45, 7) is 2.23. The number of nitrogens with zero attached hydrogens (tertiary/aromatic N) is 1. The van der Waals surface area contributed by atoms with Gasteiger partial charge >= 0.3 is 0 Å². The third kappa shape index (κ3) is 4.79. The van der Waals surface area contributed by atoms with Gasteiger partial charge in [0.25, 0.3) is 0 Å². The Kier molecular flexibility index (Phi) is 6.59. The molecule has 1 N–H and O–H groups in total. The number of nitrogens with one attached hydrogen (secondary N) is 1. The first-order valence-corrected chi connectivity index (χ1v) is 11.6. The smallest absolute Gasteiger partial charge is 0.243 e. The minimum Gasteiger partial charge on any atom is -0.379 e. The van der Waals surface area contributed by atoms with Gasteiger partial charge in [-0.3, -0.25) is 0 Å². The molecule has 1 heterocycles. The number of morpholine rings is 1. The lowest BCUT2D eigenvalue weighted by Crippen LogP contribution is -2.40. The van der Waals surface area contributed by atoms with Gasteiger partial charge in [0.15, 0.2) is 0 Å². The van der Waals surface area contributed by atoms with Crippen LogP contribution in [0.3, 0.4) is 0 Å². The summed E-state index contributed by atoms with van der Waals surface area (Å²) in [6.07, 6.45) is 0. The molecule has 3 aromatic carbocycles. The fourth-order valence-electron chi connectivity index (χ4n) is 3.69. The van der Waals surface area contributed by atoms with Gasteiger partial charge in [-0.25, -0.2) is 8.42 Å². The molecule has 1 saturated heterocycles. The Morgan fingerprint density at radius 2 is 1.43 bits per heavy atom. The molecule has 0 aliphatic carbocycles. The van der Waals surface area contributed by atoms with E-state index in [4.69, 9.17) is 4.74 Å². The molecule has 0 unspecified atom stereocenters. The summed E-state index contributed by atoms with van der Waals surface area (Å²) in [6, 6.07) is 27.8. The van der Waals surface area contributed by atoms with E-state index in [0.29, 0.717) is 37.7 Å². The minimum atomic E-state index is -3.50. The number of benzene rings is 3. The topological polar surface area (TPSA) is 58.6 Å². The van der Waals surface area contributed by atoms with Gasteiger partial charge in [0, 0.05) is 19.6 Å². The van der Waals surface area contributed by atoms with E-state index in [1.807, 2.05) is 48.5 Å². The van der Waals surface area contributed by atoms with Crippen LogP contribution in [0, 0.1) is 0 Å². The predicted molar refractivity (Wildman–Crippen MR) is 118 cm³/mol. The van der Waals surface area contributed by atoms with Crippen LogP contribution in [0.1, 0.15) is 22.7 Å². The Morgan fingerprint density at radius 3 is 2.03 bits per heavy atom. The van der Waals surface area contributed by atoms with Gasteiger partial charge in [-0.15, -0.1) is 0 Å². The zero-order valence-electron chi connectivity index (χ0n) is 16.8. The summed E-state index contributed by atoms with van der Waals surface area (Å²) >= 11 is 0. The van der Waals surface area contributed by atoms with Crippen molar-refractivity contribution in [3.8, 4) is 0 Å². The summed E-state index contributed by atoms with van der Waals surface area (Å²) in [4.78, 5) is 0.333. The van der Waals surface area contributed by atoms with E-state index in [0.717, 1.165) is 5.56 Å². The van der Waals surface area contributed by atoms with Gasteiger partial charge in [0.05, 0.1) is 24.2 Å². The van der Waals surface area contributed by atoms with Gasteiger partial charge in [-0.05, 0) is 28.8 Å². The lowest BCUT2D eigenvalue weighted by atomic mass is 9.98. The summed E-state index contributed by atoms with van der Waals surface area (Å²) in [5.74, 6) is 0. The molecule has 1 aliphatic rings. The fraction of sp³-hybridized carbons (Fsp3) is 0.250. The molecule has 1 aliphatic heterocycles. The highest BCUT2D eigenvalue weighted by molar-refractivity contribution is 7.89. The van der Waals surface area contributed by atoms with Crippen molar-refractivity contribution in [2.75, 3.05) is 26.3 Å². The van der Waals surface area contributed by atoms with Crippen molar-refractivity contribution in [2.24, 2.45) is 0 Å². The Balaban J connectivity index is 1.54. The van der Waals surface area contributed by atoms with Crippen molar-refractivity contribution in [2.45, 2.75) is 17.5 Å². The van der Waals surface area contributed by atoms with E-state index in [1.165, 1.54) is 15.4 Å². The first-order chi connectivity index (χ1) is 14.6. The molecule has 0 aromatic heterocycles. The van der Waals surface area contributed by atoms with Gasteiger partial charge in [-0.1, -0.05) is 72.8 Å². The molecule has 1 fully saturated rings. The third-order valence-electron chi connectivity index (χ3n) is 5.28. The van der Waals surface area contributed by atoms with Crippen LogP contribution in [0.15, 0.2) is 89.8 Å². The minimum absolute atomic E-state index is 0.0203. The molecular weight excluding hydrogens is 396 g/mol. The standard InChI is InChI=1S/C24H26N2O3S/c27-30(28,26-14-16-29-17-15-26)23-13-7-8-20(18-23)19-25-24(21-9-3-1-4-10-21)22-11-5-2-6-12-22/h1-13,18,24-25H,14-17,19H2. The lowest BCUT2D eigenvalue weighted by Gasteiger charge is -2.26. The van der Waals surface area contributed by atoms with E-state index in [9.17, 15) is 8.42 Å². The van der Waals surface area contributed by atoms with Crippen molar-refractivity contribution >= 4 is 10.0 Å². The molecule has 0 saturated carbocycles. The Hall–Kier alpha value is -2.51. The van der Waals surface area contributed by atoms with Crippen molar-refractivity contribution in [1.82, 2.24) is 9.62 Å². The Morgan fingerprint density at radius 1 is 0.833 bits per heavy atom. The molecule has 4 rings (SSSR count). The van der Waals surface area contributed by atoms with Crippen LogP contribution in [0.5, 0.6) is 0 Å². The van der Waals surface area contributed by atoms with Crippen LogP contribution < -0.4 is 5.32 Å². The second-order valence-electron chi connectivity index (χ2n) is 7.30. The van der Waals surface area contributed by atoms with Crippen LogP contribution in [-0.4, -0.2) is 39.0 Å². The van der Waals surface area contributed by atoms with Gasteiger partial charge in [0.2, 0.25) is 10.0 Å². The number of hydrogen-bond acceptors (Lipinski definition) is 4. The highest BCUT2D eigenvalue weighted by Crippen LogP contribution is 2.23. The molecule has 30 heavy (non-hydrogen) atoms. The van der Waals surface area contributed by atoms with Crippen molar-refractivity contribution in [3.63, 3.8) is 0 Å². The summed E-state index contributed by atoms with van der Waals surface area (Å²) in [5.41, 5.74) is 3.27. The molecule has 0 radical (unpaired) electrons. The number of rotatable bonds is 7. The van der Waals surface area contributed by atoms with Crippen molar-refractivity contribution in [1.29, 1.82) is 0 Å². The molecular formula is C24H26N2O3S. The van der Waals surface area contributed by atoms with Crippen LogP contribution in [0.2, 0.25) is 0 Å². The molecule has 0 amide bonds. The fourth-order valence-corrected chi connectivity index (χ4v) is 5.17. The Labute approximate surface area is 178 Å². The van der Waals surface area contributed by atoms with E-state index < -0.39 is 10.0 Å². The molecule has 6 heteroatoms. The Bertz CT molecular complexity index is 1010. The average Bonchev–Trinajstić information content (AvgIpc) is 2.81. The van der Waals surface area contributed by atoms with E-state index in [-0.39, 0.29) is 6.04 Å². The highest BCUT2D eigenvalue weighted by Gasteiger charge is 2.26. The third-order valence-corrected chi connectivity index (χ3v) is 7.18. The van der Waals surface area contributed by atoms with Crippen molar-refractivity contribution in [3.05, 3.63) is 102 Å². The van der Waals surface area contributed by atoms with Crippen LogP contribution in [0.25, 0.3) is 0 Å². The van der Waals surface area contributed by atoms with Crippen LogP contribution in [0.4, 0.5) is 0 Å². The zero-order valence-corrected chi connectivity index (χ0v) is 17.6. The molecule has 0 spiro atoms. The number of sulfonamides is 1. The van der Waals surface area contributed by atoms with Crippen LogP contribution in [-0.2, 0) is 21.3 Å². The normalized spacial score (nSPS) is 15.4. The molecule has 3 aromatic rings. The zero-order chi connectivity index (χ0) is 20.8. The molecule has 0 bridgehead atoms. The number of hydrogen-bond donors (Lipinski definition) is 1. The van der Waals surface area contributed by atoms with E-state index in [2.05, 4.69) is 29.6 Å². The highest BCUT2D eigenvalue weighted by atomic mass is 32.2. The van der Waals surface area contributed by atoms with E-state index in [1.54, 1.807) is 12.1 Å². The SMILES string of the molecule is O=S(=O)(c1cccc(CNC(c2ccccc2)c2ccccc2)c1)N1CCOCC1. The molecule has 156 valence electrons.